The van der Waals surface area contributed by atoms with Crippen LogP contribution in [0, 0.1) is 22.7 Å². The van der Waals surface area contributed by atoms with Crippen LogP contribution in [0.2, 0.25) is 0 Å². The van der Waals surface area contributed by atoms with E-state index in [0.29, 0.717) is 22.7 Å². The molecular formula is C28H15N7. The predicted octanol–water partition coefficient (Wildman–Crippen LogP) is 5.54. The summed E-state index contributed by atoms with van der Waals surface area (Å²) in [7, 11) is 0. The average molecular weight is 449 g/mol. The van der Waals surface area contributed by atoms with Crippen LogP contribution in [0.1, 0.15) is 11.1 Å². The van der Waals surface area contributed by atoms with Crippen molar-refractivity contribution in [1.82, 2.24) is 23.3 Å². The maximum Gasteiger partial charge on any atom is 0.223 e. The molecule has 0 fully saturated rings. The molecule has 0 atom stereocenters. The molecule has 0 saturated carbocycles. The van der Waals surface area contributed by atoms with E-state index >= 15 is 0 Å². The van der Waals surface area contributed by atoms with Gasteiger partial charge < -0.3 is 0 Å². The number of hydrogen-bond donors (Lipinski definition) is 0. The van der Waals surface area contributed by atoms with E-state index in [4.69, 9.17) is 9.97 Å². The number of fused-ring (bicyclic) bond motifs is 9. The van der Waals surface area contributed by atoms with Crippen molar-refractivity contribution in [2.24, 2.45) is 0 Å². The van der Waals surface area contributed by atoms with Crippen LogP contribution < -0.4 is 0 Å². The molecule has 0 aliphatic rings. The van der Waals surface area contributed by atoms with Crippen molar-refractivity contribution in [2.75, 3.05) is 0 Å². The topological polar surface area (TPSA) is 87.1 Å². The van der Waals surface area contributed by atoms with Crippen LogP contribution in [-0.2, 0) is 0 Å². The van der Waals surface area contributed by atoms with Crippen LogP contribution in [0.5, 0.6) is 0 Å². The molecule has 4 aromatic carbocycles. The Balaban J connectivity index is 1.92. The first-order valence-electron chi connectivity index (χ1n) is 11.1. The Morgan fingerprint density at radius 1 is 0.543 bits per heavy atom. The summed E-state index contributed by atoms with van der Waals surface area (Å²) in [6.07, 6.45) is 0. The van der Waals surface area contributed by atoms with E-state index in [1.807, 2.05) is 92.2 Å². The van der Waals surface area contributed by atoms with Gasteiger partial charge in [0.15, 0.2) is 0 Å². The van der Waals surface area contributed by atoms with E-state index in [1.165, 1.54) is 0 Å². The first kappa shape index (κ1) is 19.1. The number of hydrogen-bond acceptors (Lipinski definition) is 4. The molecule has 0 aliphatic carbocycles. The van der Waals surface area contributed by atoms with Crippen molar-refractivity contribution in [1.29, 1.82) is 10.5 Å². The second-order valence-electron chi connectivity index (χ2n) is 8.25. The fourth-order valence-electron chi connectivity index (χ4n) is 4.82. The average Bonchev–Trinajstić information content (AvgIpc) is 3.44. The smallest absolute Gasteiger partial charge is 0.223 e. The van der Waals surface area contributed by atoms with Crippen molar-refractivity contribution < 1.29 is 0 Å². The van der Waals surface area contributed by atoms with Crippen LogP contribution >= 0.6 is 0 Å². The minimum atomic E-state index is 0.314. The minimum Gasteiger partial charge on any atom is -0.276 e. The lowest BCUT2D eigenvalue weighted by molar-refractivity contribution is 1.03. The zero-order valence-corrected chi connectivity index (χ0v) is 18.3. The highest BCUT2D eigenvalue weighted by molar-refractivity contribution is 5.94. The summed E-state index contributed by atoms with van der Waals surface area (Å²) in [6.45, 7) is 0. The van der Waals surface area contributed by atoms with Gasteiger partial charge in [0.25, 0.3) is 0 Å². The fourth-order valence-corrected chi connectivity index (χ4v) is 4.82. The zero-order chi connectivity index (χ0) is 23.5. The molecule has 7 aromatic rings. The fraction of sp³-hybridized carbons (Fsp3) is 0. The second-order valence-corrected chi connectivity index (χ2v) is 8.25. The Labute approximate surface area is 198 Å². The van der Waals surface area contributed by atoms with Crippen molar-refractivity contribution in [2.45, 2.75) is 0 Å². The van der Waals surface area contributed by atoms with E-state index in [9.17, 15) is 10.5 Å². The molecule has 0 saturated heterocycles. The number of para-hydroxylation sites is 5. The van der Waals surface area contributed by atoms with Crippen molar-refractivity contribution in [3.63, 3.8) is 0 Å². The summed E-state index contributed by atoms with van der Waals surface area (Å²) in [5, 5.41) is 19.7. The van der Waals surface area contributed by atoms with Crippen molar-refractivity contribution in [3.8, 4) is 17.8 Å². The van der Waals surface area contributed by atoms with E-state index in [-0.39, 0.29) is 0 Å². The van der Waals surface area contributed by atoms with Gasteiger partial charge in [-0.1, -0.05) is 42.5 Å². The Kier molecular flexibility index (Phi) is 3.85. The minimum absolute atomic E-state index is 0.314. The van der Waals surface area contributed by atoms with Gasteiger partial charge in [-0.2, -0.15) is 10.5 Å². The molecule has 7 nitrogen and oxygen atoms in total. The quantitative estimate of drug-likeness (QED) is 0.329. The van der Waals surface area contributed by atoms with E-state index in [0.717, 1.165) is 38.8 Å². The number of nitriles is 2. The van der Waals surface area contributed by atoms with Gasteiger partial charge in [0.2, 0.25) is 11.6 Å². The normalized spacial score (nSPS) is 11.4. The predicted molar refractivity (Wildman–Crippen MR) is 134 cm³/mol. The molecule has 0 radical (unpaired) electrons. The molecule has 0 bridgehead atoms. The molecule has 0 aliphatic heterocycles. The van der Waals surface area contributed by atoms with Gasteiger partial charge >= 0.3 is 0 Å². The Bertz CT molecular complexity index is 1950. The van der Waals surface area contributed by atoms with Crippen molar-refractivity contribution >= 4 is 44.7 Å². The third kappa shape index (κ3) is 2.58. The highest BCUT2D eigenvalue weighted by Crippen LogP contribution is 2.30. The molecule has 3 aromatic heterocycles. The lowest BCUT2D eigenvalue weighted by atomic mass is 10.1. The van der Waals surface area contributed by atoms with Gasteiger partial charge in [-0.3, -0.25) is 8.80 Å². The summed E-state index contributed by atoms with van der Waals surface area (Å²) >= 11 is 0. The number of rotatable bonds is 1. The standard InChI is InChI=1S/C28H15N7/c29-16-18-14-25-26(15-19(18)17-30)35-24-13-7-5-11-22(24)32-28(35)33(20-8-2-1-3-9-20)27-31-21-10-4-6-12-23(21)34(25)27/h1-15H. The number of aromatic nitrogens is 5. The first-order valence-corrected chi connectivity index (χ1v) is 11.1. The van der Waals surface area contributed by atoms with Gasteiger partial charge in [-0.15, -0.1) is 0 Å². The molecule has 0 spiro atoms. The maximum atomic E-state index is 9.83. The van der Waals surface area contributed by atoms with Gasteiger partial charge in [0.05, 0.1) is 49.9 Å². The molecule has 7 rings (SSSR count). The van der Waals surface area contributed by atoms with Crippen LogP contribution in [0.15, 0.2) is 91.0 Å². The molecule has 7 heteroatoms. The Morgan fingerprint density at radius 2 is 1.00 bits per heavy atom. The van der Waals surface area contributed by atoms with E-state index in [1.54, 1.807) is 12.1 Å². The highest BCUT2D eigenvalue weighted by atomic mass is 15.3. The summed E-state index contributed by atoms with van der Waals surface area (Å²) < 4.78 is 6.12. The summed E-state index contributed by atoms with van der Waals surface area (Å²) in [4.78, 5) is 10.0. The van der Waals surface area contributed by atoms with Gasteiger partial charge in [-0.25, -0.2) is 14.5 Å². The van der Waals surface area contributed by atoms with Gasteiger partial charge in [0, 0.05) is 0 Å². The van der Waals surface area contributed by atoms with Crippen molar-refractivity contribution in [3.05, 3.63) is 102 Å². The largest absolute Gasteiger partial charge is 0.276 e. The molecule has 0 amide bonds. The molecule has 35 heavy (non-hydrogen) atoms. The van der Waals surface area contributed by atoms with Crippen LogP contribution in [0.4, 0.5) is 0 Å². The Hall–Kier alpha value is -5.40. The molecule has 162 valence electrons. The van der Waals surface area contributed by atoms with E-state index in [2.05, 4.69) is 12.1 Å². The van der Waals surface area contributed by atoms with Crippen LogP contribution in [-0.4, -0.2) is 23.3 Å². The number of benzene rings is 4. The lowest BCUT2D eigenvalue weighted by Crippen LogP contribution is -2.01. The third-order valence-corrected chi connectivity index (χ3v) is 6.34. The highest BCUT2D eigenvalue weighted by Gasteiger charge is 2.19. The third-order valence-electron chi connectivity index (χ3n) is 6.34. The SMILES string of the molecule is N#Cc1cc2c(cc1C#N)n1c3ccccc3nc1n(-c1ccccc1)c1nc3ccccc3n21. The summed E-state index contributed by atoms with van der Waals surface area (Å²) in [5.74, 6) is 1.31. The lowest BCUT2D eigenvalue weighted by Gasteiger charge is -2.06. The van der Waals surface area contributed by atoms with Crippen LogP contribution in [0.25, 0.3) is 50.3 Å². The van der Waals surface area contributed by atoms with Gasteiger partial charge in [0.1, 0.15) is 12.1 Å². The number of imidazole rings is 2. The Morgan fingerprint density at radius 3 is 1.49 bits per heavy atom. The second kappa shape index (κ2) is 7.05. The summed E-state index contributed by atoms with van der Waals surface area (Å²) in [5.41, 5.74) is 6.47. The summed E-state index contributed by atoms with van der Waals surface area (Å²) in [6, 6.07) is 33.7. The monoisotopic (exact) mass is 449 g/mol. The zero-order valence-electron chi connectivity index (χ0n) is 18.3. The van der Waals surface area contributed by atoms with E-state index < -0.39 is 0 Å². The molecule has 3 heterocycles. The maximum absolute atomic E-state index is 9.83. The first-order chi connectivity index (χ1) is 17.3. The number of nitrogens with zero attached hydrogens (tertiary/aromatic N) is 7. The molecular weight excluding hydrogens is 434 g/mol. The molecule has 0 unspecified atom stereocenters. The molecule has 0 N–H and O–H groups in total. The van der Waals surface area contributed by atoms with Crippen LogP contribution in [0.3, 0.4) is 0 Å². The van der Waals surface area contributed by atoms with Gasteiger partial charge in [-0.05, 0) is 48.5 Å².